The van der Waals surface area contributed by atoms with Crippen LogP contribution in [0.4, 0.5) is 32.0 Å². The Balaban J connectivity index is 1.58. The van der Waals surface area contributed by atoms with Crippen molar-refractivity contribution in [1.82, 2.24) is 4.98 Å². The minimum Gasteiger partial charge on any atom is -0.488 e. The smallest absolute Gasteiger partial charge is 0.461 e. The summed E-state index contributed by atoms with van der Waals surface area (Å²) in [6.45, 7) is -0.0426. The number of thiazole rings is 1. The van der Waals surface area contributed by atoms with Crippen LogP contribution in [0, 0.1) is 0 Å². The maximum Gasteiger partial charge on any atom is 0.461 e. The first-order valence-corrected chi connectivity index (χ1v) is 12.2. The molecule has 12 heteroatoms. The Labute approximate surface area is 215 Å². The molecule has 0 bridgehead atoms. The van der Waals surface area contributed by atoms with Gasteiger partial charge in [0.1, 0.15) is 17.4 Å². The molecule has 0 fully saturated rings. The van der Waals surface area contributed by atoms with Gasteiger partial charge in [-0.2, -0.15) is 26.3 Å². The van der Waals surface area contributed by atoms with E-state index in [0.717, 1.165) is 6.07 Å². The second-order valence-electron chi connectivity index (χ2n) is 7.37. The highest BCUT2D eigenvalue weighted by Crippen LogP contribution is 2.41. The average molecular weight is 561 g/mol. The summed E-state index contributed by atoms with van der Waals surface area (Å²) in [6.07, 6.45) is -4.60. The van der Waals surface area contributed by atoms with Crippen LogP contribution in [-0.4, -0.2) is 10.5 Å². The molecule has 1 heterocycles. The van der Waals surface area contributed by atoms with E-state index in [0.29, 0.717) is 27.4 Å². The van der Waals surface area contributed by atoms with Crippen molar-refractivity contribution in [2.45, 2.75) is 18.3 Å². The lowest BCUT2D eigenvalue weighted by atomic mass is 10.1. The van der Waals surface area contributed by atoms with Crippen molar-refractivity contribution in [2.24, 2.45) is 0 Å². The van der Waals surface area contributed by atoms with E-state index < -0.39 is 29.2 Å². The van der Waals surface area contributed by atoms with E-state index >= 15 is 0 Å². The first kappa shape index (κ1) is 26.2. The van der Waals surface area contributed by atoms with Crippen LogP contribution < -0.4 is 9.46 Å². The summed E-state index contributed by atoms with van der Waals surface area (Å²) in [5, 5.41) is 2.25. The van der Waals surface area contributed by atoms with Gasteiger partial charge in [-0.05, 0) is 35.9 Å². The van der Waals surface area contributed by atoms with Gasteiger partial charge in [0.15, 0.2) is 0 Å². The maximum absolute atomic E-state index is 13.6. The molecule has 36 heavy (non-hydrogen) atoms. The number of halogens is 7. The number of anilines is 1. The van der Waals surface area contributed by atoms with E-state index in [9.17, 15) is 26.3 Å². The number of rotatable bonds is 7. The second kappa shape index (κ2) is 10.6. The lowest BCUT2D eigenvalue weighted by molar-refractivity contribution is -0.139. The standard InChI is InChI=1S/C24H15ClF6N2OS2/c25-19-11-16(33-36-24(29,30)31)7-8-17(19)20-13-35-22(32-20)15-6-9-18(23(26,27)28)21(10-15)34-12-14-4-2-1-3-5-14/h1-11,13,33H,12H2. The fourth-order valence-electron chi connectivity index (χ4n) is 3.18. The summed E-state index contributed by atoms with van der Waals surface area (Å²) in [5.41, 5.74) is -3.17. The number of benzene rings is 3. The second-order valence-corrected chi connectivity index (χ2v) is 9.50. The van der Waals surface area contributed by atoms with Crippen LogP contribution in [0.1, 0.15) is 11.1 Å². The van der Waals surface area contributed by atoms with Crippen LogP contribution in [0.15, 0.2) is 72.1 Å². The van der Waals surface area contributed by atoms with Crippen LogP contribution in [0.3, 0.4) is 0 Å². The van der Waals surface area contributed by atoms with Gasteiger partial charge in [0.2, 0.25) is 0 Å². The molecule has 4 rings (SSSR count). The molecule has 0 aliphatic heterocycles. The average Bonchev–Trinajstić information content (AvgIpc) is 3.31. The number of hydrogen-bond donors (Lipinski definition) is 1. The van der Waals surface area contributed by atoms with Crippen molar-refractivity contribution in [2.75, 3.05) is 4.72 Å². The Morgan fingerprint density at radius 3 is 2.36 bits per heavy atom. The van der Waals surface area contributed by atoms with E-state index in [2.05, 4.69) is 9.71 Å². The third-order valence-corrected chi connectivity index (χ3v) is 6.58. The first-order chi connectivity index (χ1) is 17.0. The van der Waals surface area contributed by atoms with Crippen molar-refractivity contribution in [3.8, 4) is 27.6 Å². The predicted molar refractivity (Wildman–Crippen MR) is 131 cm³/mol. The van der Waals surface area contributed by atoms with Gasteiger partial charge in [0.25, 0.3) is 0 Å². The minimum atomic E-state index is -4.60. The van der Waals surface area contributed by atoms with Gasteiger partial charge >= 0.3 is 11.7 Å². The summed E-state index contributed by atoms with van der Waals surface area (Å²) in [7, 11) is 0. The Hall–Kier alpha value is -2.89. The van der Waals surface area contributed by atoms with Crippen molar-refractivity contribution in [3.05, 3.63) is 88.3 Å². The van der Waals surface area contributed by atoms with E-state index in [1.165, 1.54) is 41.7 Å². The molecular formula is C24H15ClF6N2OS2. The first-order valence-electron chi connectivity index (χ1n) is 10.1. The highest BCUT2D eigenvalue weighted by Gasteiger charge is 2.34. The zero-order valence-electron chi connectivity index (χ0n) is 18.0. The Morgan fingerprint density at radius 1 is 0.944 bits per heavy atom. The molecule has 1 N–H and O–H groups in total. The summed E-state index contributed by atoms with van der Waals surface area (Å²) in [5.74, 6) is -0.323. The normalized spacial score (nSPS) is 12.0. The van der Waals surface area contributed by atoms with Crippen molar-refractivity contribution in [1.29, 1.82) is 0 Å². The predicted octanol–water partition coefficient (Wildman–Crippen LogP) is 9.31. The van der Waals surface area contributed by atoms with Crippen molar-refractivity contribution >= 4 is 40.6 Å². The van der Waals surface area contributed by atoms with E-state index in [4.69, 9.17) is 16.3 Å². The fourth-order valence-corrected chi connectivity index (χ4v) is 4.63. The lowest BCUT2D eigenvalue weighted by Crippen LogP contribution is -2.09. The molecular weight excluding hydrogens is 546 g/mol. The van der Waals surface area contributed by atoms with E-state index in [1.54, 1.807) is 35.7 Å². The number of aromatic nitrogens is 1. The van der Waals surface area contributed by atoms with Gasteiger partial charge in [-0.1, -0.05) is 48.0 Å². The Bertz CT molecular complexity index is 1340. The van der Waals surface area contributed by atoms with Crippen LogP contribution >= 0.6 is 34.9 Å². The molecule has 0 unspecified atom stereocenters. The van der Waals surface area contributed by atoms with Crippen molar-refractivity contribution < 1.29 is 31.1 Å². The summed E-state index contributed by atoms with van der Waals surface area (Å²) in [6, 6.07) is 16.6. The van der Waals surface area contributed by atoms with Gasteiger partial charge in [0, 0.05) is 22.2 Å². The summed E-state index contributed by atoms with van der Waals surface area (Å²) >= 11 is 7.03. The monoisotopic (exact) mass is 560 g/mol. The largest absolute Gasteiger partial charge is 0.488 e. The molecule has 0 radical (unpaired) electrons. The van der Waals surface area contributed by atoms with Crippen LogP contribution in [0.2, 0.25) is 5.02 Å². The molecule has 0 aliphatic carbocycles. The zero-order chi connectivity index (χ0) is 25.9. The third-order valence-electron chi connectivity index (χ3n) is 4.80. The number of ether oxygens (including phenoxy) is 1. The van der Waals surface area contributed by atoms with Gasteiger partial charge in [-0.15, -0.1) is 11.3 Å². The van der Waals surface area contributed by atoms with E-state index in [-0.39, 0.29) is 23.1 Å². The zero-order valence-corrected chi connectivity index (χ0v) is 20.3. The molecule has 188 valence electrons. The molecule has 0 atom stereocenters. The quantitative estimate of drug-likeness (QED) is 0.180. The highest BCUT2D eigenvalue weighted by molar-refractivity contribution is 8.01. The molecule has 4 aromatic rings. The minimum absolute atomic E-state index is 0.0426. The molecule has 1 aromatic heterocycles. The van der Waals surface area contributed by atoms with Crippen LogP contribution in [0.25, 0.3) is 21.8 Å². The maximum atomic E-state index is 13.6. The number of hydrogen-bond acceptors (Lipinski definition) is 5. The molecule has 3 nitrogen and oxygen atoms in total. The topological polar surface area (TPSA) is 34.1 Å². The summed E-state index contributed by atoms with van der Waals surface area (Å²) < 4.78 is 85.5. The molecule has 0 saturated heterocycles. The third kappa shape index (κ3) is 6.65. The number of alkyl halides is 6. The Kier molecular flexibility index (Phi) is 7.72. The number of nitrogens with zero attached hydrogens (tertiary/aromatic N) is 1. The van der Waals surface area contributed by atoms with Gasteiger partial charge < -0.3 is 9.46 Å². The van der Waals surface area contributed by atoms with Crippen LogP contribution in [-0.2, 0) is 12.8 Å². The van der Waals surface area contributed by atoms with Gasteiger partial charge in [-0.3, -0.25) is 0 Å². The number of nitrogens with one attached hydrogen (secondary N) is 1. The SMILES string of the molecule is FC(F)(F)SNc1ccc(-c2csc(-c3ccc(C(F)(F)F)c(OCc4ccccc4)c3)n2)c(Cl)c1. The molecule has 0 amide bonds. The van der Waals surface area contributed by atoms with Gasteiger partial charge in [0.05, 0.1) is 28.2 Å². The molecule has 3 aromatic carbocycles. The fraction of sp³-hybridized carbons (Fsp3) is 0.125. The molecule has 0 saturated carbocycles. The van der Waals surface area contributed by atoms with E-state index in [1.807, 2.05) is 0 Å². The highest BCUT2D eigenvalue weighted by atomic mass is 35.5. The Morgan fingerprint density at radius 2 is 1.69 bits per heavy atom. The molecule has 0 aliphatic rings. The van der Waals surface area contributed by atoms with Crippen molar-refractivity contribution in [3.63, 3.8) is 0 Å². The molecule has 0 spiro atoms. The van der Waals surface area contributed by atoms with Crippen LogP contribution in [0.5, 0.6) is 5.75 Å². The summed E-state index contributed by atoms with van der Waals surface area (Å²) in [4.78, 5) is 4.47. The van der Waals surface area contributed by atoms with Gasteiger partial charge in [-0.25, -0.2) is 4.98 Å². The lowest BCUT2D eigenvalue weighted by Gasteiger charge is -2.15.